The van der Waals surface area contributed by atoms with Crippen LogP contribution in [0, 0.1) is 11.7 Å². The van der Waals surface area contributed by atoms with Crippen LogP contribution in [0.5, 0.6) is 0 Å². The molecule has 1 aliphatic rings. The van der Waals surface area contributed by atoms with Gasteiger partial charge >= 0.3 is 0 Å². The molecule has 1 aromatic heterocycles. The normalized spacial score (nSPS) is 16.7. The van der Waals surface area contributed by atoms with Gasteiger partial charge < -0.3 is 20.1 Å². The first-order chi connectivity index (χ1) is 12.4. The van der Waals surface area contributed by atoms with Gasteiger partial charge in [-0.3, -0.25) is 9.59 Å². The number of carbonyl (C=O) groups excluding carboxylic acids is 3. The standard InChI is InChI=1S/C15H13FN4O4S2/c16-9-1-3-10(4-2-9)20-6-8(5-11(20)21)13(24)17-14-18-19-15(26-14)25-7-12(22)23/h1-4,8H,5-7H2,(H,22,23)(H,17,18,24)/p-1/t8-/m1/s1. The predicted octanol–water partition coefficient (Wildman–Crippen LogP) is 0.511. The van der Waals surface area contributed by atoms with Crippen molar-refractivity contribution >= 4 is 51.7 Å². The van der Waals surface area contributed by atoms with Crippen molar-refractivity contribution in [2.24, 2.45) is 5.92 Å². The van der Waals surface area contributed by atoms with Gasteiger partial charge in [-0.05, 0) is 24.3 Å². The van der Waals surface area contributed by atoms with Crippen LogP contribution in [-0.4, -0.2) is 40.3 Å². The minimum Gasteiger partial charge on any atom is -0.549 e. The van der Waals surface area contributed by atoms with E-state index >= 15 is 0 Å². The van der Waals surface area contributed by atoms with Gasteiger partial charge in [0.2, 0.25) is 16.9 Å². The van der Waals surface area contributed by atoms with Crippen molar-refractivity contribution in [3.05, 3.63) is 30.1 Å². The molecule has 1 aromatic carbocycles. The molecule has 0 unspecified atom stereocenters. The lowest BCUT2D eigenvalue weighted by molar-refractivity contribution is -0.301. The molecular weight excluding hydrogens is 383 g/mol. The van der Waals surface area contributed by atoms with Crippen LogP contribution in [0.2, 0.25) is 0 Å². The fraction of sp³-hybridized carbons (Fsp3) is 0.267. The van der Waals surface area contributed by atoms with Gasteiger partial charge in [-0.1, -0.05) is 23.1 Å². The Morgan fingerprint density at radius 1 is 1.35 bits per heavy atom. The van der Waals surface area contributed by atoms with E-state index in [-0.39, 0.29) is 35.7 Å². The predicted molar refractivity (Wildman–Crippen MR) is 91.1 cm³/mol. The highest BCUT2D eigenvalue weighted by Gasteiger charge is 2.35. The molecule has 3 rings (SSSR count). The topological polar surface area (TPSA) is 115 Å². The fourth-order valence-electron chi connectivity index (χ4n) is 2.40. The number of benzene rings is 1. The minimum atomic E-state index is -1.22. The first-order valence-corrected chi connectivity index (χ1v) is 9.25. The SMILES string of the molecule is O=C([O-])CSc1nnc(NC(=O)[C@@H]2CC(=O)N(c3ccc(F)cc3)C2)s1. The average molecular weight is 395 g/mol. The van der Waals surface area contributed by atoms with Gasteiger partial charge in [0.05, 0.1) is 11.9 Å². The number of hydrogen-bond donors (Lipinski definition) is 1. The number of thioether (sulfide) groups is 1. The average Bonchev–Trinajstić information content (AvgIpc) is 3.20. The zero-order chi connectivity index (χ0) is 18.7. The number of nitrogens with one attached hydrogen (secondary N) is 1. The van der Waals surface area contributed by atoms with Gasteiger partial charge in [0.15, 0.2) is 4.34 Å². The van der Waals surface area contributed by atoms with E-state index in [9.17, 15) is 23.9 Å². The number of amides is 2. The molecule has 0 bridgehead atoms. The molecule has 1 N–H and O–H groups in total. The Morgan fingerprint density at radius 3 is 2.77 bits per heavy atom. The van der Waals surface area contributed by atoms with E-state index in [4.69, 9.17) is 0 Å². The molecule has 0 spiro atoms. The molecule has 0 radical (unpaired) electrons. The molecule has 26 heavy (non-hydrogen) atoms. The molecule has 11 heteroatoms. The number of anilines is 2. The summed E-state index contributed by atoms with van der Waals surface area (Å²) in [6.07, 6.45) is 0.0360. The summed E-state index contributed by atoms with van der Waals surface area (Å²) in [7, 11) is 0. The fourth-order valence-corrected chi connectivity index (χ4v) is 3.87. The molecule has 8 nitrogen and oxygen atoms in total. The third-order valence-corrected chi connectivity index (χ3v) is 5.53. The Morgan fingerprint density at radius 2 is 2.08 bits per heavy atom. The van der Waals surface area contributed by atoms with E-state index in [2.05, 4.69) is 15.5 Å². The summed E-state index contributed by atoms with van der Waals surface area (Å²) in [6, 6.07) is 5.48. The van der Waals surface area contributed by atoms with Crippen molar-refractivity contribution in [3.8, 4) is 0 Å². The van der Waals surface area contributed by atoms with Crippen molar-refractivity contribution in [1.29, 1.82) is 0 Å². The largest absolute Gasteiger partial charge is 0.549 e. The lowest BCUT2D eigenvalue weighted by Crippen LogP contribution is -2.28. The number of rotatable bonds is 6. The van der Waals surface area contributed by atoms with Gasteiger partial charge in [0, 0.05) is 24.4 Å². The highest BCUT2D eigenvalue weighted by atomic mass is 32.2. The Balaban J connectivity index is 1.59. The first kappa shape index (κ1) is 18.3. The number of carboxylic acid groups (broad SMARTS) is 1. The molecule has 1 aliphatic heterocycles. The maximum atomic E-state index is 13.0. The molecule has 1 saturated heterocycles. The molecule has 0 saturated carbocycles. The number of carboxylic acids is 1. The molecular formula is C15H12FN4O4S2-. The summed E-state index contributed by atoms with van der Waals surface area (Å²) < 4.78 is 13.4. The van der Waals surface area contributed by atoms with Crippen LogP contribution in [0.3, 0.4) is 0 Å². The number of aromatic nitrogens is 2. The zero-order valence-corrected chi connectivity index (χ0v) is 14.8. The van der Waals surface area contributed by atoms with Crippen LogP contribution in [0.25, 0.3) is 0 Å². The van der Waals surface area contributed by atoms with Crippen molar-refractivity contribution in [2.45, 2.75) is 10.8 Å². The lowest BCUT2D eigenvalue weighted by Gasteiger charge is -2.16. The molecule has 1 atom stereocenters. The van der Waals surface area contributed by atoms with E-state index in [1.54, 1.807) is 0 Å². The second-order valence-corrected chi connectivity index (χ2v) is 7.60. The maximum Gasteiger partial charge on any atom is 0.231 e. The van der Waals surface area contributed by atoms with Crippen molar-refractivity contribution in [2.75, 3.05) is 22.5 Å². The summed E-state index contributed by atoms with van der Waals surface area (Å²) in [5.41, 5.74) is 0.531. The Bertz CT molecular complexity index is 842. The summed E-state index contributed by atoms with van der Waals surface area (Å²) >= 11 is 1.99. The maximum absolute atomic E-state index is 13.0. The number of nitrogens with zero attached hydrogens (tertiary/aromatic N) is 3. The first-order valence-electron chi connectivity index (χ1n) is 7.45. The Labute approximate surface area is 155 Å². The van der Waals surface area contributed by atoms with E-state index in [0.717, 1.165) is 23.1 Å². The third-order valence-electron chi connectivity index (χ3n) is 3.58. The quantitative estimate of drug-likeness (QED) is 0.560. The van der Waals surface area contributed by atoms with Crippen molar-refractivity contribution in [3.63, 3.8) is 0 Å². The summed E-state index contributed by atoms with van der Waals surface area (Å²) in [4.78, 5) is 36.3. The van der Waals surface area contributed by atoms with E-state index < -0.39 is 17.7 Å². The van der Waals surface area contributed by atoms with E-state index in [0.29, 0.717) is 10.0 Å². The van der Waals surface area contributed by atoms with Crippen LogP contribution in [0.1, 0.15) is 6.42 Å². The number of carbonyl (C=O) groups is 3. The Kier molecular flexibility index (Phi) is 5.47. The number of aliphatic carboxylic acids is 1. The molecule has 2 amide bonds. The monoisotopic (exact) mass is 395 g/mol. The van der Waals surface area contributed by atoms with E-state index in [1.807, 2.05) is 0 Å². The second-order valence-electron chi connectivity index (χ2n) is 5.40. The highest BCUT2D eigenvalue weighted by molar-refractivity contribution is 8.01. The van der Waals surface area contributed by atoms with Crippen molar-refractivity contribution < 1.29 is 23.9 Å². The minimum absolute atomic E-state index is 0.0360. The molecule has 0 aliphatic carbocycles. The van der Waals surface area contributed by atoms with Gasteiger partial charge in [0.25, 0.3) is 0 Å². The lowest BCUT2D eigenvalue weighted by atomic mass is 10.1. The van der Waals surface area contributed by atoms with Crippen LogP contribution in [-0.2, 0) is 14.4 Å². The van der Waals surface area contributed by atoms with Crippen LogP contribution in [0.4, 0.5) is 15.2 Å². The van der Waals surface area contributed by atoms with Gasteiger partial charge in [-0.2, -0.15) is 0 Å². The number of hydrogen-bond acceptors (Lipinski definition) is 8. The summed E-state index contributed by atoms with van der Waals surface area (Å²) in [5, 5.41) is 20.8. The van der Waals surface area contributed by atoms with Crippen molar-refractivity contribution in [1.82, 2.24) is 10.2 Å². The van der Waals surface area contributed by atoms with Crippen LogP contribution < -0.4 is 15.3 Å². The summed E-state index contributed by atoms with van der Waals surface area (Å²) in [5.74, 6) is -3.06. The Hall–Kier alpha value is -2.53. The van der Waals surface area contributed by atoms with Crippen LogP contribution in [0.15, 0.2) is 28.6 Å². The number of halogens is 1. The van der Waals surface area contributed by atoms with Crippen LogP contribution >= 0.6 is 23.1 Å². The van der Waals surface area contributed by atoms with Gasteiger partial charge in [-0.15, -0.1) is 10.2 Å². The highest BCUT2D eigenvalue weighted by Crippen LogP contribution is 2.28. The third kappa shape index (κ3) is 4.35. The zero-order valence-electron chi connectivity index (χ0n) is 13.2. The molecule has 1 fully saturated rings. The second kappa shape index (κ2) is 7.79. The molecule has 2 heterocycles. The van der Waals surface area contributed by atoms with Gasteiger partial charge in [-0.25, -0.2) is 4.39 Å². The molecule has 136 valence electrons. The van der Waals surface area contributed by atoms with Gasteiger partial charge in [0.1, 0.15) is 5.82 Å². The summed E-state index contributed by atoms with van der Waals surface area (Å²) in [6.45, 7) is 0.182. The smallest absolute Gasteiger partial charge is 0.231 e. The molecule has 2 aromatic rings. The van der Waals surface area contributed by atoms with E-state index in [1.165, 1.54) is 29.2 Å².